The molecule has 0 atom stereocenters. The van der Waals surface area contributed by atoms with E-state index in [1.807, 2.05) is 115 Å². The fourth-order valence-corrected chi connectivity index (χ4v) is 6.08. The Balaban J connectivity index is 1.35. The molecule has 216 valence electrons. The number of carbonyl (C=O) groups excluding carboxylic acids is 1. The van der Waals surface area contributed by atoms with Crippen molar-refractivity contribution < 1.29 is 14.7 Å². The second kappa shape index (κ2) is 13.2. The van der Waals surface area contributed by atoms with Crippen LogP contribution in [0.2, 0.25) is 0 Å². The van der Waals surface area contributed by atoms with E-state index in [2.05, 4.69) is 46.9 Å². The van der Waals surface area contributed by atoms with E-state index < -0.39 is 17.6 Å². The van der Waals surface area contributed by atoms with Gasteiger partial charge in [-0.15, -0.1) is 11.3 Å². The Labute approximate surface area is 260 Å². The fourth-order valence-electron chi connectivity index (χ4n) is 5.32. The van der Waals surface area contributed by atoms with Gasteiger partial charge in [-0.1, -0.05) is 157 Å². The predicted octanol–water partition coefficient (Wildman–Crippen LogP) is 8.06. The van der Waals surface area contributed by atoms with Crippen LogP contribution < -0.4 is 5.32 Å². The number of ether oxygens (including phenoxy) is 1. The molecular weight excluding hydrogens is 566 g/mol. The summed E-state index contributed by atoms with van der Waals surface area (Å²) >= 11 is 1.31. The van der Waals surface area contributed by atoms with E-state index in [0.717, 1.165) is 27.8 Å². The van der Waals surface area contributed by atoms with Crippen LogP contribution in [0.4, 0.5) is 5.13 Å². The molecule has 5 aromatic carbocycles. The minimum absolute atomic E-state index is 0.202. The van der Waals surface area contributed by atoms with Gasteiger partial charge in [0.05, 0.1) is 0 Å². The molecule has 6 aromatic rings. The summed E-state index contributed by atoms with van der Waals surface area (Å²) in [6, 6.07) is 49.4. The smallest absolute Gasteiger partial charge is 0.363 e. The van der Waals surface area contributed by atoms with Crippen LogP contribution in [0.3, 0.4) is 0 Å². The summed E-state index contributed by atoms with van der Waals surface area (Å²) in [6.45, 7) is 0. The first-order valence-corrected chi connectivity index (χ1v) is 15.0. The Morgan fingerprint density at radius 3 is 1.50 bits per heavy atom. The van der Waals surface area contributed by atoms with E-state index in [4.69, 9.17) is 9.72 Å². The Morgan fingerprint density at radius 1 is 0.682 bits per heavy atom. The maximum Gasteiger partial charge on any atom is 0.363 e. The highest BCUT2D eigenvalue weighted by atomic mass is 32.1. The first kappa shape index (κ1) is 28.6. The molecule has 0 fully saturated rings. The lowest BCUT2D eigenvalue weighted by Gasteiger charge is -2.36. The number of thiazole rings is 1. The Morgan fingerprint density at radius 2 is 1.09 bits per heavy atom. The van der Waals surface area contributed by atoms with Gasteiger partial charge in [-0.05, 0) is 27.8 Å². The number of nitrogens with one attached hydrogen (secondary N) is 1. The quantitative estimate of drug-likeness (QED) is 0.0550. The Kier molecular flexibility index (Phi) is 8.57. The first-order valence-electron chi connectivity index (χ1n) is 14.1. The lowest BCUT2D eigenvalue weighted by Crippen LogP contribution is -2.38. The van der Waals surface area contributed by atoms with Crippen molar-refractivity contribution >= 4 is 28.1 Å². The number of esters is 1. The van der Waals surface area contributed by atoms with E-state index in [-0.39, 0.29) is 11.4 Å². The minimum Gasteiger partial charge on any atom is -0.448 e. The zero-order chi connectivity index (χ0) is 30.2. The molecule has 0 spiro atoms. The minimum atomic E-state index is -0.804. The van der Waals surface area contributed by atoms with E-state index >= 15 is 0 Å². The fraction of sp³-hybridized carbons (Fsp3) is 0.0541. The topological polar surface area (TPSA) is 83.8 Å². The van der Waals surface area contributed by atoms with Crippen molar-refractivity contribution in [1.29, 1.82) is 0 Å². The zero-order valence-electron chi connectivity index (χ0n) is 23.7. The molecular formula is C37H29N3O3S. The van der Waals surface area contributed by atoms with Crippen LogP contribution >= 0.6 is 11.3 Å². The van der Waals surface area contributed by atoms with E-state index in [1.165, 1.54) is 11.3 Å². The third kappa shape index (κ3) is 5.86. The molecule has 1 heterocycles. The maximum atomic E-state index is 13.5. The van der Waals surface area contributed by atoms with E-state index in [1.54, 1.807) is 5.38 Å². The van der Waals surface area contributed by atoms with Crippen LogP contribution in [-0.2, 0) is 15.1 Å². The number of nitrogens with zero attached hydrogens (tertiary/aromatic N) is 2. The molecule has 0 saturated heterocycles. The predicted molar refractivity (Wildman–Crippen MR) is 174 cm³/mol. The van der Waals surface area contributed by atoms with Crippen molar-refractivity contribution in [2.24, 2.45) is 5.16 Å². The van der Waals surface area contributed by atoms with E-state index in [0.29, 0.717) is 5.13 Å². The molecule has 0 amide bonds. The summed E-state index contributed by atoms with van der Waals surface area (Å²) in [5.74, 6) is -0.789. The number of aromatic nitrogens is 1. The third-order valence-electron chi connectivity index (χ3n) is 7.38. The molecule has 0 aliphatic heterocycles. The molecule has 44 heavy (non-hydrogen) atoms. The average molecular weight is 596 g/mol. The van der Waals surface area contributed by atoms with Crippen molar-refractivity contribution in [3.05, 3.63) is 191 Å². The van der Waals surface area contributed by atoms with Crippen LogP contribution in [-0.4, -0.2) is 21.9 Å². The average Bonchev–Trinajstić information content (AvgIpc) is 3.56. The second-order valence-electron chi connectivity index (χ2n) is 10.1. The van der Waals surface area contributed by atoms with Gasteiger partial charge < -0.3 is 15.3 Å². The maximum absolute atomic E-state index is 13.5. The monoisotopic (exact) mass is 595 g/mol. The molecule has 6 rings (SSSR count). The van der Waals surface area contributed by atoms with Gasteiger partial charge in [0.25, 0.3) is 0 Å². The molecule has 0 bridgehead atoms. The van der Waals surface area contributed by atoms with Crippen LogP contribution in [0.1, 0.15) is 39.6 Å². The van der Waals surface area contributed by atoms with Gasteiger partial charge in [0.15, 0.2) is 11.2 Å². The third-order valence-corrected chi connectivity index (χ3v) is 8.14. The summed E-state index contributed by atoms with van der Waals surface area (Å²) in [7, 11) is 0. The number of hydrogen-bond acceptors (Lipinski definition) is 7. The van der Waals surface area contributed by atoms with Gasteiger partial charge in [0.1, 0.15) is 11.2 Å². The highest BCUT2D eigenvalue weighted by Crippen LogP contribution is 2.40. The molecule has 0 aliphatic rings. The van der Waals surface area contributed by atoms with Crippen molar-refractivity contribution in [2.75, 3.05) is 5.32 Å². The van der Waals surface area contributed by atoms with Crippen LogP contribution in [0, 0.1) is 0 Å². The molecule has 1 aromatic heterocycles. The highest BCUT2D eigenvalue weighted by molar-refractivity contribution is 7.14. The summed E-state index contributed by atoms with van der Waals surface area (Å²) in [4.78, 5) is 18.3. The molecule has 0 radical (unpaired) electrons. The van der Waals surface area contributed by atoms with Crippen molar-refractivity contribution in [1.82, 2.24) is 4.98 Å². The zero-order valence-corrected chi connectivity index (χ0v) is 24.5. The van der Waals surface area contributed by atoms with Gasteiger partial charge in [0.2, 0.25) is 5.71 Å². The van der Waals surface area contributed by atoms with Crippen molar-refractivity contribution in [3.8, 4) is 0 Å². The number of oxime groups is 1. The SMILES string of the molecule is O=C(OC(c1ccccc1)c1ccccc1)C(=NO)c1csc(NC(c2ccccc2)(c2ccccc2)c2ccccc2)n1. The number of hydrogen-bond donors (Lipinski definition) is 2. The summed E-state index contributed by atoms with van der Waals surface area (Å²) < 4.78 is 5.96. The normalized spacial score (nSPS) is 11.7. The van der Waals surface area contributed by atoms with Gasteiger partial charge >= 0.3 is 5.97 Å². The standard InChI is InChI=1S/C37H29N3O3S/c41-35(43-34(27-16-6-1-7-17-27)28-18-8-2-9-19-28)33(40-42)32-26-44-36(38-32)39-37(29-20-10-3-11-21-29,30-22-12-4-13-23-30)31-24-14-5-15-25-31/h1-26,34,42H,(H,38,39). The summed E-state index contributed by atoms with van der Waals surface area (Å²) in [5, 5.41) is 19.3. The highest BCUT2D eigenvalue weighted by Gasteiger charge is 2.37. The van der Waals surface area contributed by atoms with Gasteiger partial charge in [0, 0.05) is 5.38 Å². The van der Waals surface area contributed by atoms with Crippen LogP contribution in [0.15, 0.2) is 162 Å². The second-order valence-corrected chi connectivity index (χ2v) is 10.9. The molecule has 0 aliphatic carbocycles. The number of rotatable bonds is 10. The van der Waals surface area contributed by atoms with Gasteiger partial charge in [-0.2, -0.15) is 0 Å². The van der Waals surface area contributed by atoms with Gasteiger partial charge in [-0.25, -0.2) is 9.78 Å². The van der Waals surface area contributed by atoms with Crippen molar-refractivity contribution in [2.45, 2.75) is 11.6 Å². The number of benzene rings is 5. The summed E-state index contributed by atoms with van der Waals surface area (Å²) in [6.07, 6.45) is -0.695. The van der Waals surface area contributed by atoms with Gasteiger partial charge in [-0.3, -0.25) is 0 Å². The first-order chi connectivity index (χ1) is 21.7. The van der Waals surface area contributed by atoms with Crippen molar-refractivity contribution in [3.63, 3.8) is 0 Å². The molecule has 2 N–H and O–H groups in total. The Bertz CT molecular complexity index is 1690. The number of anilines is 1. The lowest BCUT2D eigenvalue weighted by atomic mass is 9.77. The molecule has 7 heteroatoms. The molecule has 0 saturated carbocycles. The van der Waals surface area contributed by atoms with E-state index in [9.17, 15) is 10.0 Å². The lowest BCUT2D eigenvalue weighted by molar-refractivity contribution is -0.139. The number of carbonyl (C=O) groups is 1. The Hall–Kier alpha value is -5.53. The largest absolute Gasteiger partial charge is 0.448 e. The molecule has 6 nitrogen and oxygen atoms in total. The summed E-state index contributed by atoms with van der Waals surface area (Å²) in [5.41, 5.74) is 3.74. The van der Waals surface area contributed by atoms with Crippen LogP contribution in [0.25, 0.3) is 0 Å². The molecule has 0 unspecified atom stereocenters. The van der Waals surface area contributed by atoms with Crippen LogP contribution in [0.5, 0.6) is 0 Å².